The lowest BCUT2D eigenvalue weighted by Gasteiger charge is -2.20. The van der Waals surface area contributed by atoms with E-state index in [2.05, 4.69) is 20.4 Å². The van der Waals surface area contributed by atoms with Crippen LogP contribution >= 0.6 is 0 Å². The van der Waals surface area contributed by atoms with Crippen molar-refractivity contribution in [3.05, 3.63) is 12.7 Å². The summed E-state index contributed by atoms with van der Waals surface area (Å²) in [5.41, 5.74) is 0. The molecule has 0 aromatic carbocycles. The molecule has 0 aromatic rings. The van der Waals surface area contributed by atoms with Gasteiger partial charge < -0.3 is 0 Å². The normalized spacial score (nSPS) is 10.9. The van der Waals surface area contributed by atoms with Crippen molar-refractivity contribution in [2.75, 3.05) is 19.7 Å². The number of unbranched alkanes of at least 4 members (excludes halogenated alkanes) is 4. The van der Waals surface area contributed by atoms with Crippen LogP contribution in [-0.4, -0.2) is 24.8 Å². The third-order valence-corrected chi connectivity index (χ3v) is 2.37. The standard InChI is InChI=1S/C13H27NO/c1-4-7-9-12-14(11-6-3)15-13-10-8-5-2/h6H,3-5,7-13H2,1-2H3. The molecule has 0 amide bonds. The Morgan fingerprint density at radius 1 is 1.07 bits per heavy atom. The van der Waals surface area contributed by atoms with E-state index in [4.69, 9.17) is 4.84 Å². The third kappa shape index (κ3) is 9.95. The van der Waals surface area contributed by atoms with E-state index in [1.54, 1.807) is 0 Å². The molecule has 0 aliphatic carbocycles. The highest BCUT2D eigenvalue weighted by atomic mass is 16.7. The van der Waals surface area contributed by atoms with Crippen LogP contribution in [0, 0.1) is 0 Å². The summed E-state index contributed by atoms with van der Waals surface area (Å²) < 4.78 is 0. The zero-order chi connectivity index (χ0) is 11.4. The van der Waals surface area contributed by atoms with Crippen LogP contribution < -0.4 is 0 Å². The number of hydrogen-bond donors (Lipinski definition) is 0. The van der Waals surface area contributed by atoms with Crippen molar-refractivity contribution in [2.45, 2.75) is 52.4 Å². The van der Waals surface area contributed by atoms with Gasteiger partial charge >= 0.3 is 0 Å². The number of hydroxylamine groups is 2. The second-order valence-electron chi connectivity index (χ2n) is 3.92. The fraction of sp³-hybridized carbons (Fsp3) is 0.846. The van der Waals surface area contributed by atoms with Crippen LogP contribution in [0.3, 0.4) is 0 Å². The van der Waals surface area contributed by atoms with Gasteiger partial charge in [-0.1, -0.05) is 45.6 Å². The molecule has 0 atom stereocenters. The van der Waals surface area contributed by atoms with E-state index in [0.717, 1.165) is 26.1 Å². The van der Waals surface area contributed by atoms with Crippen LogP contribution in [0.4, 0.5) is 0 Å². The lowest BCUT2D eigenvalue weighted by molar-refractivity contribution is -0.153. The maximum absolute atomic E-state index is 5.69. The van der Waals surface area contributed by atoms with Gasteiger partial charge in [0.15, 0.2) is 0 Å². The van der Waals surface area contributed by atoms with Gasteiger partial charge in [-0.25, -0.2) is 0 Å². The summed E-state index contributed by atoms with van der Waals surface area (Å²) in [6.07, 6.45) is 9.35. The maximum Gasteiger partial charge on any atom is 0.0685 e. The highest BCUT2D eigenvalue weighted by Crippen LogP contribution is 2.01. The molecule has 0 aliphatic rings. The highest BCUT2D eigenvalue weighted by Gasteiger charge is 2.02. The first-order valence-electron chi connectivity index (χ1n) is 6.33. The summed E-state index contributed by atoms with van der Waals surface area (Å²) >= 11 is 0. The highest BCUT2D eigenvalue weighted by molar-refractivity contribution is 4.69. The van der Waals surface area contributed by atoms with Gasteiger partial charge in [0, 0.05) is 13.1 Å². The first-order chi connectivity index (χ1) is 7.35. The first-order valence-corrected chi connectivity index (χ1v) is 6.33. The Morgan fingerprint density at radius 3 is 2.33 bits per heavy atom. The molecule has 0 aliphatic heterocycles. The lowest BCUT2D eigenvalue weighted by Crippen LogP contribution is -2.26. The van der Waals surface area contributed by atoms with E-state index in [1.807, 2.05) is 11.1 Å². The van der Waals surface area contributed by atoms with Crippen LogP contribution in [0.25, 0.3) is 0 Å². The zero-order valence-corrected chi connectivity index (χ0v) is 10.5. The van der Waals surface area contributed by atoms with Gasteiger partial charge in [-0.2, -0.15) is 5.06 Å². The van der Waals surface area contributed by atoms with Gasteiger partial charge in [0.25, 0.3) is 0 Å². The molecule has 0 bridgehead atoms. The summed E-state index contributed by atoms with van der Waals surface area (Å²) in [4.78, 5) is 5.69. The van der Waals surface area contributed by atoms with Gasteiger partial charge in [0.1, 0.15) is 0 Å². The van der Waals surface area contributed by atoms with Gasteiger partial charge in [-0.3, -0.25) is 4.84 Å². The van der Waals surface area contributed by atoms with Crippen LogP contribution in [0.15, 0.2) is 12.7 Å². The Morgan fingerprint density at radius 2 is 1.73 bits per heavy atom. The number of hydrogen-bond acceptors (Lipinski definition) is 2. The summed E-state index contributed by atoms with van der Waals surface area (Å²) in [6, 6.07) is 0. The smallest absolute Gasteiger partial charge is 0.0685 e. The molecule has 0 N–H and O–H groups in total. The monoisotopic (exact) mass is 213 g/mol. The Balaban J connectivity index is 3.48. The van der Waals surface area contributed by atoms with E-state index >= 15 is 0 Å². The van der Waals surface area contributed by atoms with E-state index in [1.165, 1.54) is 32.1 Å². The number of nitrogens with zero attached hydrogens (tertiary/aromatic N) is 1. The minimum Gasteiger partial charge on any atom is -0.299 e. The van der Waals surface area contributed by atoms with Crippen molar-refractivity contribution in [1.29, 1.82) is 0 Å². The third-order valence-electron chi connectivity index (χ3n) is 2.37. The zero-order valence-electron chi connectivity index (χ0n) is 10.5. The van der Waals surface area contributed by atoms with E-state index in [9.17, 15) is 0 Å². The van der Waals surface area contributed by atoms with Crippen LogP contribution in [0.2, 0.25) is 0 Å². The molecule has 2 heteroatoms. The van der Waals surface area contributed by atoms with Crippen molar-refractivity contribution in [3.63, 3.8) is 0 Å². The molecule has 0 rings (SSSR count). The molecule has 2 nitrogen and oxygen atoms in total. The Bertz CT molecular complexity index is 136. The SMILES string of the molecule is C=CCN(CCCCC)OCCCCC. The van der Waals surface area contributed by atoms with Crippen LogP contribution in [-0.2, 0) is 4.84 Å². The van der Waals surface area contributed by atoms with Crippen LogP contribution in [0.1, 0.15) is 52.4 Å². The van der Waals surface area contributed by atoms with Crippen molar-refractivity contribution >= 4 is 0 Å². The predicted molar refractivity (Wildman–Crippen MR) is 66.8 cm³/mol. The summed E-state index contributed by atoms with van der Waals surface area (Å²) in [5, 5.41) is 2.04. The van der Waals surface area contributed by atoms with Gasteiger partial charge in [0.05, 0.1) is 6.61 Å². The minimum atomic E-state index is 0.843. The minimum absolute atomic E-state index is 0.843. The molecule has 15 heavy (non-hydrogen) atoms. The Labute approximate surface area is 95.3 Å². The molecule has 0 spiro atoms. The Kier molecular flexibility index (Phi) is 11.5. The Hall–Kier alpha value is -0.340. The molecular formula is C13H27NO. The fourth-order valence-corrected chi connectivity index (χ4v) is 1.44. The van der Waals surface area contributed by atoms with E-state index < -0.39 is 0 Å². The topological polar surface area (TPSA) is 12.5 Å². The first kappa shape index (κ1) is 14.7. The molecule has 0 saturated carbocycles. The van der Waals surface area contributed by atoms with E-state index in [-0.39, 0.29) is 0 Å². The molecule has 0 aromatic heterocycles. The molecule has 0 unspecified atom stereocenters. The second kappa shape index (κ2) is 11.7. The molecule has 0 fully saturated rings. The van der Waals surface area contributed by atoms with Crippen molar-refractivity contribution in [3.8, 4) is 0 Å². The lowest BCUT2D eigenvalue weighted by atomic mass is 10.2. The average Bonchev–Trinajstić information content (AvgIpc) is 2.24. The largest absolute Gasteiger partial charge is 0.299 e. The molecule has 90 valence electrons. The number of rotatable bonds is 11. The van der Waals surface area contributed by atoms with Crippen LogP contribution in [0.5, 0.6) is 0 Å². The van der Waals surface area contributed by atoms with Gasteiger partial charge in [-0.05, 0) is 12.8 Å². The van der Waals surface area contributed by atoms with Crippen molar-refractivity contribution < 1.29 is 4.84 Å². The fourth-order valence-electron chi connectivity index (χ4n) is 1.44. The van der Waals surface area contributed by atoms with Gasteiger partial charge in [-0.15, -0.1) is 6.58 Å². The summed E-state index contributed by atoms with van der Waals surface area (Å²) in [7, 11) is 0. The van der Waals surface area contributed by atoms with Crippen molar-refractivity contribution in [1.82, 2.24) is 5.06 Å². The second-order valence-corrected chi connectivity index (χ2v) is 3.92. The quantitative estimate of drug-likeness (QED) is 0.294. The molecule has 0 radical (unpaired) electrons. The van der Waals surface area contributed by atoms with Gasteiger partial charge in [0.2, 0.25) is 0 Å². The average molecular weight is 213 g/mol. The molecular weight excluding hydrogens is 186 g/mol. The maximum atomic E-state index is 5.69. The molecule has 0 heterocycles. The van der Waals surface area contributed by atoms with E-state index in [0.29, 0.717) is 0 Å². The summed E-state index contributed by atoms with van der Waals surface area (Å²) in [6.45, 7) is 10.9. The summed E-state index contributed by atoms with van der Waals surface area (Å²) in [5.74, 6) is 0. The van der Waals surface area contributed by atoms with Crippen molar-refractivity contribution in [2.24, 2.45) is 0 Å². The predicted octanol–water partition coefficient (Wildman–Crippen LogP) is 3.79. The molecule has 0 saturated heterocycles.